The molecule has 0 saturated carbocycles. The molecule has 1 unspecified atom stereocenters. The third kappa shape index (κ3) is 3.58. The van der Waals surface area contributed by atoms with Gasteiger partial charge in [-0.1, -0.05) is 30.3 Å². The van der Waals surface area contributed by atoms with Crippen LogP contribution in [0.2, 0.25) is 0 Å². The monoisotopic (exact) mass is 431 g/mol. The van der Waals surface area contributed by atoms with E-state index in [9.17, 15) is 14.7 Å². The van der Waals surface area contributed by atoms with Gasteiger partial charge in [-0.2, -0.15) is 0 Å². The third-order valence-corrected chi connectivity index (χ3v) is 5.81. The van der Waals surface area contributed by atoms with Crippen LogP contribution < -0.4 is 4.74 Å². The van der Waals surface area contributed by atoms with Crippen LogP contribution in [-0.2, 0) is 16.1 Å². The number of nitrogens with zero attached hydrogens (tertiary/aromatic N) is 1. The molecule has 0 aliphatic carbocycles. The number of aliphatic hydroxyl groups is 1. The molecule has 1 amide bonds. The molecule has 1 fully saturated rings. The van der Waals surface area contributed by atoms with Crippen molar-refractivity contribution in [3.05, 3.63) is 93.9 Å². The first-order valence-electron chi connectivity index (χ1n) is 10.4. The second-order valence-corrected chi connectivity index (χ2v) is 8.03. The van der Waals surface area contributed by atoms with Crippen molar-refractivity contribution < 1.29 is 23.8 Å². The summed E-state index contributed by atoms with van der Waals surface area (Å²) in [5, 5.41) is 11.4. The first-order valence-corrected chi connectivity index (χ1v) is 10.4. The van der Waals surface area contributed by atoms with Crippen LogP contribution in [0.4, 0.5) is 0 Å². The minimum Gasteiger partial charge on any atom is -0.507 e. The van der Waals surface area contributed by atoms with Crippen LogP contribution in [0.1, 0.15) is 39.6 Å². The smallest absolute Gasteiger partial charge is 0.296 e. The number of ketones is 1. The minimum absolute atomic E-state index is 0.0409. The highest BCUT2D eigenvalue weighted by atomic mass is 16.5. The van der Waals surface area contributed by atoms with E-state index in [1.165, 1.54) is 18.3 Å². The van der Waals surface area contributed by atoms with Crippen molar-refractivity contribution in [2.45, 2.75) is 33.4 Å². The van der Waals surface area contributed by atoms with Gasteiger partial charge in [-0.05, 0) is 61.2 Å². The number of ether oxygens (including phenoxy) is 1. The van der Waals surface area contributed by atoms with Gasteiger partial charge in [0.05, 0.1) is 37.1 Å². The molecule has 2 aromatic carbocycles. The van der Waals surface area contributed by atoms with E-state index >= 15 is 0 Å². The van der Waals surface area contributed by atoms with Crippen molar-refractivity contribution in [1.29, 1.82) is 0 Å². The van der Waals surface area contributed by atoms with Crippen LogP contribution >= 0.6 is 0 Å². The normalized spacial score (nSPS) is 17.8. The Labute approximate surface area is 186 Å². The Morgan fingerprint density at radius 2 is 1.81 bits per heavy atom. The SMILES string of the molecule is COc1c(C)cc(C)cc1/C(O)=C1\C(=O)C(=O)N(Cc2ccco2)C1c1ccccc1C. The van der Waals surface area contributed by atoms with Crippen LogP contribution in [0.15, 0.2) is 64.8 Å². The van der Waals surface area contributed by atoms with Gasteiger partial charge in [0.2, 0.25) is 0 Å². The number of carbonyl (C=O) groups is 2. The lowest BCUT2D eigenvalue weighted by Gasteiger charge is -2.26. The highest BCUT2D eigenvalue weighted by molar-refractivity contribution is 6.46. The lowest BCUT2D eigenvalue weighted by Crippen LogP contribution is -2.29. The largest absolute Gasteiger partial charge is 0.507 e. The molecule has 6 nitrogen and oxygen atoms in total. The van der Waals surface area contributed by atoms with Crippen molar-refractivity contribution in [3.8, 4) is 5.75 Å². The average molecular weight is 431 g/mol. The highest BCUT2D eigenvalue weighted by Gasteiger charge is 2.47. The first-order chi connectivity index (χ1) is 15.3. The van der Waals surface area contributed by atoms with Gasteiger partial charge in [0.15, 0.2) is 0 Å². The minimum atomic E-state index is -0.758. The van der Waals surface area contributed by atoms with Crippen molar-refractivity contribution in [3.63, 3.8) is 0 Å². The Morgan fingerprint density at radius 1 is 1.06 bits per heavy atom. The molecule has 0 bridgehead atoms. The summed E-state index contributed by atoms with van der Waals surface area (Å²) in [6, 6.07) is 14.0. The number of likely N-dealkylation sites (tertiary alicyclic amines) is 1. The molecule has 6 heteroatoms. The van der Waals surface area contributed by atoms with Gasteiger partial charge in [0, 0.05) is 0 Å². The number of carbonyl (C=O) groups excluding carboxylic acids is 2. The van der Waals surface area contributed by atoms with E-state index in [1.807, 2.05) is 51.1 Å². The van der Waals surface area contributed by atoms with Gasteiger partial charge in [-0.25, -0.2) is 0 Å². The standard InChI is InChI=1S/C26H25NO5/c1-15-12-17(3)25(31-4)20(13-15)23(28)21-22(19-10-6-5-8-16(19)2)27(26(30)24(21)29)14-18-9-7-11-32-18/h5-13,22,28H,14H2,1-4H3/b23-21+. The highest BCUT2D eigenvalue weighted by Crippen LogP contribution is 2.43. The summed E-state index contributed by atoms with van der Waals surface area (Å²) >= 11 is 0. The van der Waals surface area contributed by atoms with E-state index in [0.717, 1.165) is 22.3 Å². The van der Waals surface area contributed by atoms with E-state index in [4.69, 9.17) is 9.15 Å². The zero-order valence-corrected chi connectivity index (χ0v) is 18.5. The quantitative estimate of drug-likeness (QED) is 0.355. The molecule has 1 aliphatic rings. The fourth-order valence-corrected chi connectivity index (χ4v) is 4.38. The van der Waals surface area contributed by atoms with Crippen LogP contribution in [0.5, 0.6) is 5.75 Å². The van der Waals surface area contributed by atoms with Gasteiger partial charge in [0.25, 0.3) is 11.7 Å². The molecule has 0 radical (unpaired) electrons. The Bertz CT molecular complexity index is 1220. The summed E-state index contributed by atoms with van der Waals surface area (Å²) in [7, 11) is 1.52. The molecule has 164 valence electrons. The van der Waals surface area contributed by atoms with Gasteiger partial charge in [-0.3, -0.25) is 9.59 Å². The Morgan fingerprint density at radius 3 is 2.47 bits per heavy atom. The molecule has 0 spiro atoms. The molecule has 1 N–H and O–H groups in total. The van der Waals surface area contributed by atoms with E-state index in [-0.39, 0.29) is 17.9 Å². The lowest BCUT2D eigenvalue weighted by molar-refractivity contribution is -0.140. The van der Waals surface area contributed by atoms with Crippen molar-refractivity contribution in [1.82, 2.24) is 4.90 Å². The van der Waals surface area contributed by atoms with Gasteiger partial charge in [-0.15, -0.1) is 0 Å². The van der Waals surface area contributed by atoms with Crippen LogP contribution in [0.3, 0.4) is 0 Å². The van der Waals surface area contributed by atoms with E-state index < -0.39 is 17.7 Å². The molecule has 32 heavy (non-hydrogen) atoms. The van der Waals surface area contributed by atoms with Gasteiger partial charge < -0.3 is 19.2 Å². The average Bonchev–Trinajstić information content (AvgIpc) is 3.36. The maximum Gasteiger partial charge on any atom is 0.296 e. The molecular formula is C26H25NO5. The van der Waals surface area contributed by atoms with Gasteiger partial charge in [0.1, 0.15) is 17.3 Å². The maximum absolute atomic E-state index is 13.2. The Hall–Kier alpha value is -3.80. The van der Waals surface area contributed by atoms with Crippen molar-refractivity contribution in [2.75, 3.05) is 7.11 Å². The zero-order valence-electron chi connectivity index (χ0n) is 18.5. The first kappa shape index (κ1) is 21.4. The number of methoxy groups -OCH3 is 1. The number of rotatable bonds is 5. The molecular weight excluding hydrogens is 406 g/mol. The zero-order chi connectivity index (χ0) is 23.0. The predicted molar refractivity (Wildman–Crippen MR) is 120 cm³/mol. The third-order valence-electron chi connectivity index (χ3n) is 5.81. The summed E-state index contributed by atoms with van der Waals surface area (Å²) in [5.74, 6) is -0.645. The van der Waals surface area contributed by atoms with Crippen molar-refractivity contribution >= 4 is 17.4 Å². The number of amides is 1. The molecule has 1 aliphatic heterocycles. The molecule has 1 atom stereocenters. The molecule has 3 aromatic rings. The van der Waals surface area contributed by atoms with E-state index in [0.29, 0.717) is 17.1 Å². The van der Waals surface area contributed by atoms with Crippen LogP contribution in [0, 0.1) is 20.8 Å². The molecule has 4 rings (SSSR count). The van der Waals surface area contributed by atoms with Crippen molar-refractivity contribution in [2.24, 2.45) is 0 Å². The number of Topliss-reactive ketones (excluding diaryl/α,β-unsaturated/α-hetero) is 1. The number of hydrogen-bond acceptors (Lipinski definition) is 5. The van der Waals surface area contributed by atoms with Crippen LogP contribution in [-0.4, -0.2) is 28.8 Å². The van der Waals surface area contributed by atoms with E-state index in [1.54, 1.807) is 18.2 Å². The second kappa shape index (κ2) is 8.38. The molecule has 2 heterocycles. The predicted octanol–water partition coefficient (Wildman–Crippen LogP) is 4.84. The number of aliphatic hydroxyl groups excluding tert-OH is 1. The summed E-state index contributed by atoms with van der Waals surface area (Å²) in [6.45, 7) is 5.80. The fraction of sp³-hybridized carbons (Fsp3) is 0.231. The van der Waals surface area contributed by atoms with Gasteiger partial charge >= 0.3 is 0 Å². The molecule has 1 saturated heterocycles. The maximum atomic E-state index is 13.2. The summed E-state index contributed by atoms with van der Waals surface area (Å²) < 4.78 is 11.0. The number of hydrogen-bond donors (Lipinski definition) is 1. The fourth-order valence-electron chi connectivity index (χ4n) is 4.38. The topological polar surface area (TPSA) is 80.0 Å². The van der Waals surface area contributed by atoms with Crippen LogP contribution in [0.25, 0.3) is 5.76 Å². The molecule has 1 aromatic heterocycles. The lowest BCUT2D eigenvalue weighted by atomic mass is 9.91. The summed E-state index contributed by atoms with van der Waals surface area (Å²) in [5.41, 5.74) is 3.83. The Kier molecular flexibility index (Phi) is 5.61. The summed E-state index contributed by atoms with van der Waals surface area (Å²) in [6.07, 6.45) is 1.52. The summed E-state index contributed by atoms with van der Waals surface area (Å²) in [4.78, 5) is 27.8. The number of furan rings is 1. The number of aryl methyl sites for hydroxylation is 3. The number of benzene rings is 2. The second-order valence-electron chi connectivity index (χ2n) is 8.03. The van der Waals surface area contributed by atoms with E-state index in [2.05, 4.69) is 0 Å². The Balaban J connectivity index is 1.96.